The molecule has 1 aliphatic heterocycles. The second-order valence-corrected chi connectivity index (χ2v) is 4.86. The monoisotopic (exact) mass is 276 g/mol. The normalized spacial score (nSPS) is 16.1. The smallest absolute Gasteiger partial charge is 0.161 e. The van der Waals surface area contributed by atoms with Gasteiger partial charge in [0.1, 0.15) is 0 Å². The fourth-order valence-corrected chi connectivity index (χ4v) is 2.24. The number of rotatable bonds is 6. The van der Waals surface area contributed by atoms with Gasteiger partial charge >= 0.3 is 0 Å². The lowest BCUT2D eigenvalue weighted by Gasteiger charge is -2.18. The zero-order valence-electron chi connectivity index (χ0n) is 12.1. The maximum Gasteiger partial charge on any atom is 0.161 e. The minimum Gasteiger partial charge on any atom is -0.490 e. The van der Waals surface area contributed by atoms with Gasteiger partial charge in [-0.05, 0) is 37.6 Å². The molecule has 0 bridgehead atoms. The molecule has 0 amide bonds. The molecule has 0 radical (unpaired) electrons. The van der Waals surface area contributed by atoms with E-state index >= 15 is 0 Å². The average molecular weight is 276 g/mol. The zero-order valence-corrected chi connectivity index (χ0v) is 12.1. The summed E-state index contributed by atoms with van der Waals surface area (Å²) in [5.41, 5.74) is 7.02. The number of hydrogen-bond acceptors (Lipinski definition) is 4. The molecule has 1 heterocycles. The van der Waals surface area contributed by atoms with Gasteiger partial charge in [0.25, 0.3) is 0 Å². The summed E-state index contributed by atoms with van der Waals surface area (Å²) in [5, 5.41) is 3.47. The number of fused-ring (bicyclic) bond motifs is 1. The van der Waals surface area contributed by atoms with Crippen LogP contribution in [0.3, 0.4) is 0 Å². The van der Waals surface area contributed by atoms with E-state index in [1.807, 2.05) is 19.1 Å². The van der Waals surface area contributed by atoms with Gasteiger partial charge in [-0.15, -0.1) is 0 Å². The molecule has 3 N–H and O–H groups in total. The number of nitrogens with one attached hydrogen (secondary N) is 1. The summed E-state index contributed by atoms with van der Waals surface area (Å²) in [4.78, 5) is 0. The molecule has 0 aromatic heterocycles. The molecule has 1 aliphatic rings. The Morgan fingerprint density at radius 1 is 1.30 bits per heavy atom. The summed E-state index contributed by atoms with van der Waals surface area (Å²) in [5.74, 6) is 1.66. The maximum absolute atomic E-state index is 5.87. The Hall–Kier alpha value is -1.52. The molecule has 0 saturated heterocycles. The Bertz CT molecular complexity index is 446. The summed E-state index contributed by atoms with van der Waals surface area (Å²) in [6.45, 7) is 4.94. The van der Waals surface area contributed by atoms with Crippen LogP contribution in [0.5, 0.6) is 11.5 Å². The number of nitrogens with two attached hydrogens (primary N) is 1. The van der Waals surface area contributed by atoms with Crippen LogP contribution in [0.15, 0.2) is 30.4 Å². The maximum atomic E-state index is 5.87. The third-order valence-corrected chi connectivity index (χ3v) is 3.35. The van der Waals surface area contributed by atoms with Gasteiger partial charge in [0.15, 0.2) is 11.5 Å². The topological polar surface area (TPSA) is 56.5 Å². The van der Waals surface area contributed by atoms with E-state index in [-0.39, 0.29) is 6.04 Å². The lowest BCUT2D eigenvalue weighted by atomic mass is 10.1. The Labute approximate surface area is 121 Å². The highest BCUT2D eigenvalue weighted by molar-refractivity contribution is 5.44. The van der Waals surface area contributed by atoms with Crippen molar-refractivity contribution in [2.45, 2.75) is 25.8 Å². The SMILES string of the molecule is C/C=C/CCNC(CN)c1ccc2c(c1)OCCCO2. The van der Waals surface area contributed by atoms with Crippen molar-refractivity contribution in [2.75, 3.05) is 26.3 Å². The van der Waals surface area contributed by atoms with Crippen molar-refractivity contribution in [3.05, 3.63) is 35.9 Å². The fourth-order valence-electron chi connectivity index (χ4n) is 2.24. The van der Waals surface area contributed by atoms with Crippen LogP contribution < -0.4 is 20.5 Å². The quantitative estimate of drug-likeness (QED) is 0.619. The molecule has 20 heavy (non-hydrogen) atoms. The fraction of sp³-hybridized carbons (Fsp3) is 0.500. The van der Waals surface area contributed by atoms with Crippen molar-refractivity contribution >= 4 is 0 Å². The largest absolute Gasteiger partial charge is 0.490 e. The molecule has 1 aromatic carbocycles. The molecule has 2 rings (SSSR count). The van der Waals surface area contributed by atoms with Crippen LogP contribution in [-0.4, -0.2) is 26.3 Å². The number of benzene rings is 1. The van der Waals surface area contributed by atoms with Crippen molar-refractivity contribution in [2.24, 2.45) is 5.73 Å². The van der Waals surface area contributed by atoms with Crippen LogP contribution in [0.4, 0.5) is 0 Å². The summed E-state index contributed by atoms with van der Waals surface area (Å²) < 4.78 is 11.4. The molecule has 4 heteroatoms. The summed E-state index contributed by atoms with van der Waals surface area (Å²) in [6, 6.07) is 6.23. The Morgan fingerprint density at radius 2 is 2.10 bits per heavy atom. The van der Waals surface area contributed by atoms with Crippen molar-refractivity contribution in [3.8, 4) is 11.5 Å². The van der Waals surface area contributed by atoms with Gasteiger partial charge in [0.2, 0.25) is 0 Å². The Morgan fingerprint density at radius 3 is 2.85 bits per heavy atom. The first-order valence-corrected chi connectivity index (χ1v) is 7.29. The van der Waals surface area contributed by atoms with E-state index in [9.17, 15) is 0 Å². The second kappa shape index (κ2) is 7.92. The highest BCUT2D eigenvalue weighted by atomic mass is 16.5. The van der Waals surface area contributed by atoms with Crippen molar-refractivity contribution in [1.82, 2.24) is 5.32 Å². The molecule has 1 aromatic rings. The summed E-state index contributed by atoms with van der Waals surface area (Å²) >= 11 is 0. The van der Waals surface area contributed by atoms with Crippen LogP contribution in [-0.2, 0) is 0 Å². The molecule has 110 valence electrons. The molecular weight excluding hydrogens is 252 g/mol. The summed E-state index contributed by atoms with van der Waals surface area (Å²) in [7, 11) is 0. The Kier molecular flexibility index (Phi) is 5.89. The van der Waals surface area contributed by atoms with Gasteiger partial charge < -0.3 is 20.5 Å². The molecular formula is C16H24N2O2. The van der Waals surface area contributed by atoms with Crippen LogP contribution >= 0.6 is 0 Å². The van der Waals surface area contributed by atoms with E-state index in [1.54, 1.807) is 0 Å². The minimum absolute atomic E-state index is 0.150. The highest BCUT2D eigenvalue weighted by Crippen LogP contribution is 2.32. The second-order valence-electron chi connectivity index (χ2n) is 4.86. The molecule has 1 atom stereocenters. The molecule has 0 fully saturated rings. The van der Waals surface area contributed by atoms with Gasteiger partial charge in [-0.3, -0.25) is 0 Å². The minimum atomic E-state index is 0.150. The molecule has 0 aliphatic carbocycles. The van der Waals surface area contributed by atoms with E-state index in [4.69, 9.17) is 15.2 Å². The molecule has 1 unspecified atom stereocenters. The van der Waals surface area contributed by atoms with E-state index in [2.05, 4.69) is 23.5 Å². The van der Waals surface area contributed by atoms with Crippen LogP contribution in [0, 0.1) is 0 Å². The van der Waals surface area contributed by atoms with Crippen molar-refractivity contribution in [1.29, 1.82) is 0 Å². The van der Waals surface area contributed by atoms with E-state index in [0.717, 1.165) is 36.4 Å². The lowest BCUT2D eigenvalue weighted by molar-refractivity contribution is 0.297. The third-order valence-electron chi connectivity index (χ3n) is 3.35. The highest BCUT2D eigenvalue weighted by Gasteiger charge is 2.14. The number of hydrogen-bond donors (Lipinski definition) is 2. The molecule has 0 spiro atoms. The van der Waals surface area contributed by atoms with Crippen LogP contribution in [0.1, 0.15) is 31.4 Å². The van der Waals surface area contributed by atoms with Gasteiger partial charge in [-0.1, -0.05) is 18.2 Å². The first-order valence-electron chi connectivity index (χ1n) is 7.29. The van der Waals surface area contributed by atoms with Gasteiger partial charge in [0.05, 0.1) is 13.2 Å². The zero-order chi connectivity index (χ0) is 14.2. The number of ether oxygens (including phenoxy) is 2. The van der Waals surface area contributed by atoms with Crippen LogP contribution in [0.25, 0.3) is 0 Å². The lowest BCUT2D eigenvalue weighted by Crippen LogP contribution is -2.28. The first-order chi connectivity index (χ1) is 9.85. The number of allylic oxidation sites excluding steroid dienone is 1. The predicted molar refractivity (Wildman–Crippen MR) is 81.3 cm³/mol. The Balaban J connectivity index is 2.04. The van der Waals surface area contributed by atoms with Crippen LogP contribution in [0.2, 0.25) is 0 Å². The standard InChI is InChI=1S/C16H24N2O2/c1-2-3-4-8-18-14(12-17)13-6-7-15-16(11-13)20-10-5-9-19-15/h2-3,6-7,11,14,18H,4-5,8-10,12,17H2,1H3/b3-2+. The molecule has 4 nitrogen and oxygen atoms in total. The van der Waals surface area contributed by atoms with E-state index < -0.39 is 0 Å². The van der Waals surface area contributed by atoms with Crippen molar-refractivity contribution in [3.63, 3.8) is 0 Å². The van der Waals surface area contributed by atoms with Crippen molar-refractivity contribution < 1.29 is 9.47 Å². The van der Waals surface area contributed by atoms with Gasteiger partial charge in [0, 0.05) is 19.0 Å². The van der Waals surface area contributed by atoms with E-state index in [1.165, 1.54) is 0 Å². The summed E-state index contributed by atoms with van der Waals surface area (Å²) in [6.07, 6.45) is 6.14. The third kappa shape index (κ3) is 3.99. The van der Waals surface area contributed by atoms with Gasteiger partial charge in [-0.2, -0.15) is 0 Å². The predicted octanol–water partition coefficient (Wildman–Crippen LogP) is 2.40. The van der Waals surface area contributed by atoms with E-state index in [0.29, 0.717) is 19.8 Å². The molecule has 0 saturated carbocycles. The first kappa shape index (κ1) is 14.9. The average Bonchev–Trinajstić information content (AvgIpc) is 2.72. The van der Waals surface area contributed by atoms with Gasteiger partial charge in [-0.25, -0.2) is 0 Å².